The van der Waals surface area contributed by atoms with E-state index in [9.17, 15) is 9.90 Å². The second-order valence-corrected chi connectivity index (χ2v) is 5.14. The lowest BCUT2D eigenvalue weighted by molar-refractivity contribution is 0.0238. The Balaban J connectivity index is 2.20. The van der Waals surface area contributed by atoms with Crippen LogP contribution >= 0.6 is 0 Å². The molecule has 2 heteroatoms. The molecule has 1 aliphatic carbocycles. The minimum absolute atomic E-state index is 0.0978. The van der Waals surface area contributed by atoms with Gasteiger partial charge in [0.25, 0.3) is 0 Å². The molecule has 1 fully saturated rings. The second-order valence-electron chi connectivity index (χ2n) is 5.14. The molecule has 0 spiro atoms. The second kappa shape index (κ2) is 5.01. The van der Waals surface area contributed by atoms with Gasteiger partial charge in [0.15, 0.2) is 5.78 Å². The monoisotopic (exact) mass is 232 g/mol. The van der Waals surface area contributed by atoms with Gasteiger partial charge in [0.2, 0.25) is 0 Å². The molecule has 2 nitrogen and oxygen atoms in total. The molecule has 0 aromatic heterocycles. The standard InChI is InChI=1S/C15H20O2/c1-12-6-8-13(9-7-12)14(16)15(17)10-4-2-3-5-11-15/h6-9,17H,2-5,10-11H2,1H3. The Bertz CT molecular complexity index is 384. The van der Waals surface area contributed by atoms with Gasteiger partial charge in [-0.1, -0.05) is 55.5 Å². The summed E-state index contributed by atoms with van der Waals surface area (Å²) in [6.45, 7) is 1.99. The molecule has 1 saturated carbocycles. The molecule has 0 bridgehead atoms. The topological polar surface area (TPSA) is 37.3 Å². The van der Waals surface area contributed by atoms with Crippen molar-refractivity contribution in [1.29, 1.82) is 0 Å². The first-order valence-electron chi connectivity index (χ1n) is 6.46. The molecular weight excluding hydrogens is 212 g/mol. The van der Waals surface area contributed by atoms with Gasteiger partial charge >= 0.3 is 0 Å². The van der Waals surface area contributed by atoms with Gasteiger partial charge in [0.1, 0.15) is 5.60 Å². The summed E-state index contributed by atoms with van der Waals surface area (Å²) in [4.78, 5) is 12.3. The van der Waals surface area contributed by atoms with E-state index in [4.69, 9.17) is 0 Å². The maximum atomic E-state index is 12.3. The molecule has 92 valence electrons. The van der Waals surface area contributed by atoms with Crippen molar-refractivity contribution in [3.63, 3.8) is 0 Å². The van der Waals surface area contributed by atoms with Crippen LogP contribution in [0.25, 0.3) is 0 Å². The van der Waals surface area contributed by atoms with Gasteiger partial charge < -0.3 is 5.11 Å². The van der Waals surface area contributed by atoms with Crippen molar-refractivity contribution >= 4 is 5.78 Å². The number of ketones is 1. The van der Waals surface area contributed by atoms with Crippen LogP contribution in [0.1, 0.15) is 54.4 Å². The SMILES string of the molecule is Cc1ccc(C(=O)C2(O)CCCCCC2)cc1. The summed E-state index contributed by atoms with van der Waals surface area (Å²) in [6, 6.07) is 7.49. The summed E-state index contributed by atoms with van der Waals surface area (Å²) in [5, 5.41) is 10.5. The molecule has 0 atom stereocenters. The van der Waals surface area contributed by atoms with Crippen LogP contribution < -0.4 is 0 Å². The first-order valence-corrected chi connectivity index (χ1v) is 6.46. The number of rotatable bonds is 2. The highest BCUT2D eigenvalue weighted by atomic mass is 16.3. The Hall–Kier alpha value is -1.15. The van der Waals surface area contributed by atoms with E-state index in [-0.39, 0.29) is 5.78 Å². The average Bonchev–Trinajstić information content (AvgIpc) is 2.55. The van der Waals surface area contributed by atoms with Gasteiger partial charge in [-0.25, -0.2) is 0 Å². The first kappa shape index (κ1) is 12.3. The zero-order valence-electron chi connectivity index (χ0n) is 10.4. The van der Waals surface area contributed by atoms with Crippen molar-refractivity contribution in [3.05, 3.63) is 35.4 Å². The highest BCUT2D eigenvalue weighted by molar-refractivity contribution is 6.02. The lowest BCUT2D eigenvalue weighted by atomic mass is 9.86. The van der Waals surface area contributed by atoms with E-state index in [1.165, 1.54) is 0 Å². The maximum absolute atomic E-state index is 12.3. The van der Waals surface area contributed by atoms with E-state index >= 15 is 0 Å². The predicted octanol–water partition coefficient (Wildman–Crippen LogP) is 3.26. The van der Waals surface area contributed by atoms with Crippen molar-refractivity contribution in [2.75, 3.05) is 0 Å². The van der Waals surface area contributed by atoms with Crippen molar-refractivity contribution in [2.45, 2.75) is 51.0 Å². The van der Waals surface area contributed by atoms with Crippen LogP contribution in [0.2, 0.25) is 0 Å². The van der Waals surface area contributed by atoms with E-state index in [1.54, 1.807) is 0 Å². The third-order valence-electron chi connectivity index (χ3n) is 3.67. The number of hydrogen-bond acceptors (Lipinski definition) is 2. The summed E-state index contributed by atoms with van der Waals surface area (Å²) in [5.41, 5.74) is 0.653. The Labute approximate surface area is 103 Å². The Kier molecular flexibility index (Phi) is 3.63. The maximum Gasteiger partial charge on any atom is 0.194 e. The lowest BCUT2D eigenvalue weighted by Gasteiger charge is -2.24. The highest BCUT2D eigenvalue weighted by Gasteiger charge is 2.36. The fourth-order valence-corrected chi connectivity index (χ4v) is 2.51. The molecule has 1 N–H and O–H groups in total. The molecule has 0 saturated heterocycles. The summed E-state index contributed by atoms with van der Waals surface area (Å²) < 4.78 is 0. The van der Waals surface area contributed by atoms with Crippen LogP contribution in [0.5, 0.6) is 0 Å². The zero-order chi connectivity index (χ0) is 12.3. The number of carbonyl (C=O) groups excluding carboxylic acids is 1. The third-order valence-corrected chi connectivity index (χ3v) is 3.67. The van der Waals surface area contributed by atoms with E-state index in [0.29, 0.717) is 18.4 Å². The van der Waals surface area contributed by atoms with Gasteiger partial charge in [0, 0.05) is 5.56 Å². The first-order chi connectivity index (χ1) is 8.12. The molecule has 0 amide bonds. The molecule has 1 aromatic carbocycles. The molecule has 1 aromatic rings. The summed E-state index contributed by atoms with van der Waals surface area (Å²) >= 11 is 0. The predicted molar refractivity (Wildman–Crippen MR) is 68.2 cm³/mol. The number of aliphatic hydroxyl groups is 1. The van der Waals surface area contributed by atoms with E-state index in [2.05, 4.69) is 0 Å². The molecular formula is C15H20O2. The largest absolute Gasteiger partial charge is 0.382 e. The van der Waals surface area contributed by atoms with E-state index in [0.717, 1.165) is 31.2 Å². The third kappa shape index (κ3) is 2.75. The van der Waals surface area contributed by atoms with Gasteiger partial charge in [-0.2, -0.15) is 0 Å². The molecule has 0 unspecified atom stereocenters. The fourth-order valence-electron chi connectivity index (χ4n) is 2.51. The van der Waals surface area contributed by atoms with Crippen LogP contribution in [0.3, 0.4) is 0 Å². The fraction of sp³-hybridized carbons (Fsp3) is 0.533. The molecule has 1 aliphatic rings. The van der Waals surface area contributed by atoms with Crippen molar-refractivity contribution in [2.24, 2.45) is 0 Å². The molecule has 0 radical (unpaired) electrons. The highest BCUT2D eigenvalue weighted by Crippen LogP contribution is 2.30. The van der Waals surface area contributed by atoms with Crippen molar-refractivity contribution < 1.29 is 9.90 Å². The Morgan fingerprint density at radius 3 is 2.12 bits per heavy atom. The van der Waals surface area contributed by atoms with E-state index in [1.807, 2.05) is 31.2 Å². The minimum Gasteiger partial charge on any atom is -0.382 e. The van der Waals surface area contributed by atoms with Gasteiger partial charge in [-0.15, -0.1) is 0 Å². The number of hydrogen-bond donors (Lipinski definition) is 1. The van der Waals surface area contributed by atoms with E-state index < -0.39 is 5.60 Å². The van der Waals surface area contributed by atoms with Crippen LogP contribution in [0.15, 0.2) is 24.3 Å². The normalized spacial score (nSPS) is 19.6. The minimum atomic E-state index is -1.12. The van der Waals surface area contributed by atoms with Crippen LogP contribution in [-0.4, -0.2) is 16.5 Å². The summed E-state index contributed by atoms with van der Waals surface area (Å²) in [6.07, 6.45) is 5.38. The number of carbonyl (C=O) groups is 1. The lowest BCUT2D eigenvalue weighted by Crippen LogP contribution is -2.38. The number of benzene rings is 1. The average molecular weight is 232 g/mol. The Morgan fingerprint density at radius 1 is 1.06 bits per heavy atom. The quantitative estimate of drug-likeness (QED) is 0.627. The van der Waals surface area contributed by atoms with Crippen LogP contribution in [0.4, 0.5) is 0 Å². The Morgan fingerprint density at radius 2 is 1.59 bits per heavy atom. The van der Waals surface area contributed by atoms with Gasteiger partial charge in [-0.05, 0) is 19.8 Å². The molecule has 0 aliphatic heterocycles. The van der Waals surface area contributed by atoms with Gasteiger partial charge in [0.05, 0.1) is 0 Å². The number of aryl methyl sites for hydroxylation is 1. The van der Waals surface area contributed by atoms with Crippen LogP contribution in [-0.2, 0) is 0 Å². The zero-order valence-corrected chi connectivity index (χ0v) is 10.4. The molecule has 2 rings (SSSR count). The van der Waals surface area contributed by atoms with Gasteiger partial charge in [-0.3, -0.25) is 4.79 Å². The molecule has 0 heterocycles. The number of Topliss-reactive ketones (excluding diaryl/α,β-unsaturated/α-hetero) is 1. The van der Waals surface area contributed by atoms with Crippen LogP contribution in [0, 0.1) is 6.92 Å². The van der Waals surface area contributed by atoms with Crippen molar-refractivity contribution in [3.8, 4) is 0 Å². The smallest absolute Gasteiger partial charge is 0.194 e. The summed E-state index contributed by atoms with van der Waals surface area (Å²) in [7, 11) is 0. The van der Waals surface area contributed by atoms with Crippen molar-refractivity contribution in [1.82, 2.24) is 0 Å². The summed E-state index contributed by atoms with van der Waals surface area (Å²) in [5.74, 6) is -0.0978. The molecule has 17 heavy (non-hydrogen) atoms.